The van der Waals surface area contributed by atoms with Gasteiger partial charge in [-0.25, -0.2) is 29.1 Å². The summed E-state index contributed by atoms with van der Waals surface area (Å²) in [4.78, 5) is 36.8. The second kappa shape index (κ2) is 7.04. The summed E-state index contributed by atoms with van der Waals surface area (Å²) in [6, 6.07) is 5.27. The first-order valence-corrected chi connectivity index (χ1v) is 8.24. The third-order valence-corrected chi connectivity index (χ3v) is 3.48. The van der Waals surface area contributed by atoms with Crippen LogP contribution in [0.3, 0.4) is 0 Å². The average molecular weight is 421 g/mol. The van der Waals surface area contributed by atoms with Gasteiger partial charge in [-0.2, -0.15) is 4.90 Å². The molecule has 3 heterocycles. The van der Waals surface area contributed by atoms with E-state index in [0.717, 1.165) is 0 Å². The van der Waals surface area contributed by atoms with Gasteiger partial charge in [0.05, 0.1) is 12.3 Å². The Hall–Kier alpha value is -3.08. The molecule has 134 valence electrons. The van der Waals surface area contributed by atoms with Gasteiger partial charge in [0.1, 0.15) is 4.60 Å². The lowest BCUT2D eigenvalue weighted by atomic mass is 10.3. The summed E-state index contributed by atoms with van der Waals surface area (Å²) >= 11 is 3.18. The van der Waals surface area contributed by atoms with Gasteiger partial charge in [-0.15, -0.1) is 5.10 Å². The number of hydrogen-bond donors (Lipinski definition) is 1. The Bertz CT molecular complexity index is 956. The number of hydrogen-bond acceptors (Lipinski definition) is 7. The number of anilines is 1. The third-order valence-electron chi connectivity index (χ3n) is 3.10. The van der Waals surface area contributed by atoms with E-state index in [1.165, 1.54) is 10.7 Å². The summed E-state index contributed by atoms with van der Waals surface area (Å²) in [6.45, 7) is 3.21. The molecule has 0 aliphatic carbocycles. The van der Waals surface area contributed by atoms with Crippen LogP contribution < -0.4 is 4.90 Å². The quantitative estimate of drug-likeness (QED) is 0.685. The number of rotatable bonds is 3. The van der Waals surface area contributed by atoms with Crippen molar-refractivity contribution < 1.29 is 19.4 Å². The molecule has 0 saturated carbocycles. The first-order valence-electron chi connectivity index (χ1n) is 7.45. The van der Waals surface area contributed by atoms with Gasteiger partial charge in [-0.3, -0.25) is 0 Å². The summed E-state index contributed by atoms with van der Waals surface area (Å²) < 4.78 is 6.82. The van der Waals surface area contributed by atoms with E-state index < -0.39 is 18.3 Å². The maximum Gasteiger partial charge on any atom is 0.425 e. The molecular weight excluding hydrogens is 408 g/mol. The van der Waals surface area contributed by atoms with Gasteiger partial charge in [-0.05, 0) is 41.9 Å². The second-order valence-corrected chi connectivity index (χ2v) is 6.17. The first-order chi connectivity index (χ1) is 12.4. The number of carbonyl (C=O) groups is 2. The Morgan fingerprint density at radius 1 is 1.31 bits per heavy atom. The first kappa shape index (κ1) is 17.7. The van der Waals surface area contributed by atoms with Gasteiger partial charge in [0.2, 0.25) is 5.82 Å². The minimum absolute atomic E-state index is 0.0196. The number of amides is 2. The molecule has 0 aromatic carbocycles. The van der Waals surface area contributed by atoms with Crippen LogP contribution in [0.25, 0.3) is 17.2 Å². The van der Waals surface area contributed by atoms with Crippen molar-refractivity contribution in [2.75, 3.05) is 4.90 Å². The highest BCUT2D eigenvalue weighted by molar-refractivity contribution is 9.10. The van der Waals surface area contributed by atoms with E-state index in [0.29, 0.717) is 15.2 Å². The van der Waals surface area contributed by atoms with Gasteiger partial charge >= 0.3 is 12.2 Å². The minimum Gasteiger partial charge on any atom is -0.464 e. The molecular formula is C15H13BrN6O4. The van der Waals surface area contributed by atoms with E-state index >= 15 is 0 Å². The molecule has 3 rings (SSSR count). The lowest BCUT2D eigenvalue weighted by molar-refractivity contribution is 0.120. The van der Waals surface area contributed by atoms with Gasteiger partial charge < -0.3 is 9.84 Å². The topological polar surface area (TPSA) is 123 Å². The zero-order chi connectivity index (χ0) is 18.8. The number of fused-ring (bicyclic) bond motifs is 1. The monoisotopic (exact) mass is 420 g/mol. The highest BCUT2D eigenvalue weighted by Gasteiger charge is 2.31. The largest absolute Gasteiger partial charge is 0.464 e. The normalized spacial score (nSPS) is 10.9. The van der Waals surface area contributed by atoms with E-state index in [1.807, 2.05) is 0 Å². The predicted octanol–water partition coefficient (Wildman–Crippen LogP) is 2.98. The van der Waals surface area contributed by atoms with Gasteiger partial charge in [0, 0.05) is 6.20 Å². The van der Waals surface area contributed by atoms with Crippen molar-refractivity contribution in [3.05, 3.63) is 35.2 Å². The third kappa shape index (κ3) is 3.47. The predicted molar refractivity (Wildman–Crippen MR) is 93.8 cm³/mol. The lowest BCUT2D eigenvalue weighted by Crippen LogP contribution is -2.38. The molecule has 11 heteroatoms. The van der Waals surface area contributed by atoms with Crippen LogP contribution in [0.1, 0.15) is 13.8 Å². The van der Waals surface area contributed by atoms with Crippen LogP contribution in [0.15, 0.2) is 35.2 Å². The van der Waals surface area contributed by atoms with Gasteiger partial charge in [0.15, 0.2) is 17.2 Å². The Kier molecular flexibility index (Phi) is 4.80. The van der Waals surface area contributed by atoms with E-state index in [9.17, 15) is 14.7 Å². The van der Waals surface area contributed by atoms with Crippen molar-refractivity contribution in [2.24, 2.45) is 0 Å². The van der Waals surface area contributed by atoms with Crippen LogP contribution in [-0.4, -0.2) is 48.0 Å². The van der Waals surface area contributed by atoms with Crippen molar-refractivity contribution in [1.29, 1.82) is 0 Å². The number of halogens is 1. The number of nitrogens with zero attached hydrogens (tertiary/aromatic N) is 6. The fourth-order valence-electron chi connectivity index (χ4n) is 2.12. The van der Waals surface area contributed by atoms with Crippen LogP contribution in [0.2, 0.25) is 0 Å². The van der Waals surface area contributed by atoms with Crippen molar-refractivity contribution in [2.45, 2.75) is 20.0 Å². The second-order valence-electron chi connectivity index (χ2n) is 5.35. The fraction of sp³-hybridized carbons (Fsp3) is 0.200. The summed E-state index contributed by atoms with van der Waals surface area (Å²) in [5.74, 6) is -0.133. The van der Waals surface area contributed by atoms with Crippen molar-refractivity contribution in [3.8, 4) is 11.5 Å². The summed E-state index contributed by atoms with van der Waals surface area (Å²) in [5, 5.41) is 13.7. The molecule has 0 atom stereocenters. The average Bonchev–Trinajstić information content (AvgIpc) is 2.99. The van der Waals surface area contributed by atoms with Crippen LogP contribution in [0.4, 0.5) is 15.4 Å². The molecule has 0 spiro atoms. The zero-order valence-electron chi connectivity index (χ0n) is 13.7. The van der Waals surface area contributed by atoms with Gasteiger partial charge in [0.25, 0.3) is 0 Å². The van der Waals surface area contributed by atoms with Crippen LogP contribution in [0, 0.1) is 0 Å². The standard InChI is InChI=1S/C15H13BrN6O4/c1-8(2)26-15(25)22(14(23)24)13-11(18-9(16)7-17-13)12-19-10-5-3-4-6-21(10)20-12/h3-8H,1-2H3,(H,23,24). The van der Waals surface area contributed by atoms with Crippen LogP contribution in [-0.2, 0) is 4.74 Å². The molecule has 0 radical (unpaired) electrons. The van der Waals surface area contributed by atoms with E-state index in [4.69, 9.17) is 4.74 Å². The molecule has 10 nitrogen and oxygen atoms in total. The van der Waals surface area contributed by atoms with Crippen molar-refractivity contribution >= 4 is 39.6 Å². The number of aromatic nitrogens is 5. The number of carboxylic acid groups (broad SMARTS) is 1. The van der Waals surface area contributed by atoms with E-state index in [-0.39, 0.29) is 17.3 Å². The number of pyridine rings is 1. The number of imide groups is 1. The maximum absolute atomic E-state index is 12.2. The Labute approximate surface area is 155 Å². The molecule has 2 amide bonds. The summed E-state index contributed by atoms with van der Waals surface area (Å²) in [6.07, 6.45) is -0.206. The molecule has 3 aromatic rings. The summed E-state index contributed by atoms with van der Waals surface area (Å²) in [5.41, 5.74) is 0.549. The lowest BCUT2D eigenvalue weighted by Gasteiger charge is -2.19. The minimum atomic E-state index is -1.56. The molecule has 0 fully saturated rings. The summed E-state index contributed by atoms with van der Waals surface area (Å²) in [7, 11) is 0. The molecule has 0 unspecified atom stereocenters. The smallest absolute Gasteiger partial charge is 0.425 e. The van der Waals surface area contributed by atoms with E-state index in [2.05, 4.69) is 36.0 Å². The molecule has 0 bridgehead atoms. The Balaban J connectivity index is 2.15. The molecule has 0 saturated heterocycles. The molecule has 0 aliphatic rings. The van der Waals surface area contributed by atoms with Crippen molar-refractivity contribution in [1.82, 2.24) is 24.6 Å². The molecule has 1 N–H and O–H groups in total. The number of ether oxygens (including phenoxy) is 1. The maximum atomic E-state index is 12.2. The molecule has 0 aliphatic heterocycles. The Morgan fingerprint density at radius 2 is 2.08 bits per heavy atom. The zero-order valence-corrected chi connectivity index (χ0v) is 15.3. The van der Waals surface area contributed by atoms with Crippen molar-refractivity contribution in [3.63, 3.8) is 0 Å². The fourth-order valence-corrected chi connectivity index (χ4v) is 2.40. The highest BCUT2D eigenvalue weighted by Crippen LogP contribution is 2.27. The SMILES string of the molecule is CC(C)OC(=O)N(C(=O)O)c1ncc(Br)nc1-c1nc2ccccn2n1. The van der Waals surface area contributed by atoms with Gasteiger partial charge in [-0.1, -0.05) is 6.07 Å². The van der Waals surface area contributed by atoms with Crippen LogP contribution in [0.5, 0.6) is 0 Å². The van der Waals surface area contributed by atoms with E-state index in [1.54, 1.807) is 38.2 Å². The Morgan fingerprint density at radius 3 is 2.73 bits per heavy atom. The number of carbonyl (C=O) groups excluding carboxylic acids is 1. The van der Waals surface area contributed by atoms with Crippen LogP contribution >= 0.6 is 15.9 Å². The molecule has 3 aromatic heterocycles. The highest BCUT2D eigenvalue weighted by atomic mass is 79.9. The molecule has 26 heavy (non-hydrogen) atoms.